The predicted molar refractivity (Wildman–Crippen MR) is 128 cm³/mol. The average Bonchev–Trinajstić information content (AvgIpc) is 2.85. The maximum Gasteiger partial charge on any atom is 0.271 e. The van der Waals surface area contributed by atoms with Crippen molar-refractivity contribution in [2.75, 3.05) is 6.54 Å². The standard InChI is InChI=1S/C26H22FN3O2S/c1-18(19-5-3-2-4-6-19)17-28-26(32)20-7-11-22(12-8-20)30-25(31)16-15-24(29-30)33-23-13-9-21(27)10-14-23/h2-16,18H,17H2,1H3,(H,28,32)/t18-/m1/s1. The third-order valence-electron chi connectivity index (χ3n) is 5.12. The van der Waals surface area contributed by atoms with E-state index in [-0.39, 0.29) is 23.2 Å². The van der Waals surface area contributed by atoms with Gasteiger partial charge in [0.1, 0.15) is 10.8 Å². The lowest BCUT2D eigenvalue weighted by molar-refractivity contribution is 0.0951. The predicted octanol–water partition coefficient (Wildman–Crippen LogP) is 5.06. The molecule has 0 bridgehead atoms. The molecule has 0 spiro atoms. The van der Waals surface area contributed by atoms with Crippen molar-refractivity contribution in [1.29, 1.82) is 0 Å². The molecule has 0 aliphatic heterocycles. The van der Waals surface area contributed by atoms with Gasteiger partial charge in [-0.2, -0.15) is 9.78 Å². The molecule has 0 fully saturated rings. The first-order chi connectivity index (χ1) is 16.0. The fraction of sp³-hybridized carbons (Fsp3) is 0.115. The maximum atomic E-state index is 13.1. The smallest absolute Gasteiger partial charge is 0.271 e. The van der Waals surface area contributed by atoms with Crippen molar-refractivity contribution in [3.63, 3.8) is 0 Å². The minimum Gasteiger partial charge on any atom is -0.351 e. The number of amides is 1. The van der Waals surface area contributed by atoms with Crippen LogP contribution in [0.1, 0.15) is 28.8 Å². The van der Waals surface area contributed by atoms with E-state index < -0.39 is 0 Å². The molecular formula is C26H22FN3O2S. The molecule has 1 N–H and O–H groups in total. The van der Waals surface area contributed by atoms with Crippen LogP contribution in [0, 0.1) is 5.82 Å². The molecule has 0 saturated carbocycles. The van der Waals surface area contributed by atoms with Crippen molar-refractivity contribution in [2.24, 2.45) is 0 Å². The molecule has 0 aliphatic carbocycles. The van der Waals surface area contributed by atoms with Gasteiger partial charge in [-0.3, -0.25) is 9.59 Å². The minimum atomic E-state index is -0.309. The summed E-state index contributed by atoms with van der Waals surface area (Å²) in [5.41, 5.74) is 1.93. The highest BCUT2D eigenvalue weighted by Crippen LogP contribution is 2.25. The van der Waals surface area contributed by atoms with Gasteiger partial charge in [0.2, 0.25) is 0 Å². The number of aromatic nitrogens is 2. The van der Waals surface area contributed by atoms with Gasteiger partial charge in [0.15, 0.2) is 0 Å². The lowest BCUT2D eigenvalue weighted by Crippen LogP contribution is -2.27. The Bertz CT molecular complexity index is 1290. The minimum absolute atomic E-state index is 0.176. The van der Waals surface area contributed by atoms with Crippen molar-refractivity contribution in [3.8, 4) is 5.69 Å². The van der Waals surface area contributed by atoms with Gasteiger partial charge in [0, 0.05) is 23.1 Å². The lowest BCUT2D eigenvalue weighted by Gasteiger charge is -2.13. The number of nitrogens with one attached hydrogen (secondary N) is 1. The highest BCUT2D eigenvalue weighted by molar-refractivity contribution is 7.99. The number of carbonyl (C=O) groups is 1. The largest absolute Gasteiger partial charge is 0.351 e. The van der Waals surface area contributed by atoms with E-state index in [2.05, 4.69) is 17.3 Å². The van der Waals surface area contributed by atoms with E-state index in [0.29, 0.717) is 22.8 Å². The third kappa shape index (κ3) is 5.75. The third-order valence-corrected chi connectivity index (χ3v) is 6.06. The van der Waals surface area contributed by atoms with Crippen LogP contribution in [0.25, 0.3) is 5.69 Å². The van der Waals surface area contributed by atoms with Crippen molar-refractivity contribution < 1.29 is 9.18 Å². The molecule has 0 unspecified atom stereocenters. The molecule has 4 rings (SSSR count). The second kappa shape index (κ2) is 10.3. The summed E-state index contributed by atoms with van der Waals surface area (Å²) >= 11 is 1.33. The summed E-state index contributed by atoms with van der Waals surface area (Å²) < 4.78 is 14.4. The molecule has 0 radical (unpaired) electrons. The number of carbonyl (C=O) groups excluding carboxylic acids is 1. The number of hydrogen-bond acceptors (Lipinski definition) is 4. The quantitative estimate of drug-likeness (QED) is 0.420. The zero-order valence-corrected chi connectivity index (χ0v) is 18.8. The first-order valence-corrected chi connectivity index (χ1v) is 11.3. The van der Waals surface area contributed by atoms with Gasteiger partial charge >= 0.3 is 0 Å². The van der Waals surface area contributed by atoms with Gasteiger partial charge in [-0.1, -0.05) is 49.0 Å². The Hall–Kier alpha value is -3.71. The molecule has 1 heterocycles. The monoisotopic (exact) mass is 459 g/mol. The van der Waals surface area contributed by atoms with Gasteiger partial charge in [-0.05, 0) is 66.1 Å². The van der Waals surface area contributed by atoms with Crippen molar-refractivity contribution >= 4 is 17.7 Å². The molecule has 4 aromatic rings. The molecule has 33 heavy (non-hydrogen) atoms. The van der Waals surface area contributed by atoms with Gasteiger partial charge in [0.25, 0.3) is 11.5 Å². The zero-order chi connectivity index (χ0) is 23.2. The number of benzene rings is 3. The Labute approximate surface area is 195 Å². The van der Waals surface area contributed by atoms with Gasteiger partial charge in [-0.25, -0.2) is 4.39 Å². The molecule has 166 valence electrons. The molecule has 1 aromatic heterocycles. The molecular weight excluding hydrogens is 437 g/mol. The van der Waals surface area contributed by atoms with Crippen LogP contribution in [0.3, 0.4) is 0 Å². The van der Waals surface area contributed by atoms with Crippen molar-refractivity contribution in [2.45, 2.75) is 22.8 Å². The van der Waals surface area contributed by atoms with E-state index in [9.17, 15) is 14.0 Å². The Balaban J connectivity index is 1.44. The molecule has 0 aliphatic rings. The van der Waals surface area contributed by atoms with Crippen molar-refractivity contribution in [1.82, 2.24) is 15.1 Å². The van der Waals surface area contributed by atoms with E-state index in [1.807, 2.05) is 30.3 Å². The average molecular weight is 460 g/mol. The number of halogens is 1. The van der Waals surface area contributed by atoms with Crippen LogP contribution in [-0.2, 0) is 0 Å². The summed E-state index contributed by atoms with van der Waals surface area (Å²) in [7, 11) is 0. The molecule has 5 nitrogen and oxygen atoms in total. The summed E-state index contributed by atoms with van der Waals surface area (Å²) in [5, 5.41) is 7.95. The van der Waals surface area contributed by atoms with Crippen LogP contribution >= 0.6 is 11.8 Å². The van der Waals surface area contributed by atoms with Crippen LogP contribution in [-0.4, -0.2) is 22.2 Å². The summed E-state index contributed by atoms with van der Waals surface area (Å²) in [6, 6.07) is 25.9. The second-order valence-corrected chi connectivity index (χ2v) is 8.64. The Morgan fingerprint density at radius 1 is 0.970 bits per heavy atom. The molecule has 0 saturated heterocycles. The number of nitrogens with zero attached hydrogens (tertiary/aromatic N) is 2. The van der Waals surface area contributed by atoms with Crippen LogP contribution in [0.4, 0.5) is 4.39 Å². The Morgan fingerprint density at radius 2 is 1.67 bits per heavy atom. The van der Waals surface area contributed by atoms with Crippen LogP contribution in [0.15, 0.2) is 106 Å². The van der Waals surface area contributed by atoms with E-state index in [1.165, 1.54) is 34.6 Å². The highest BCUT2D eigenvalue weighted by Gasteiger charge is 2.11. The first-order valence-electron chi connectivity index (χ1n) is 10.5. The van der Waals surface area contributed by atoms with Crippen LogP contribution < -0.4 is 10.9 Å². The summed E-state index contributed by atoms with van der Waals surface area (Å²) in [4.78, 5) is 25.7. The zero-order valence-electron chi connectivity index (χ0n) is 17.9. The van der Waals surface area contributed by atoms with Gasteiger partial charge in [-0.15, -0.1) is 0 Å². The summed E-state index contributed by atoms with van der Waals surface area (Å²) in [6.07, 6.45) is 0. The van der Waals surface area contributed by atoms with Crippen molar-refractivity contribution in [3.05, 3.63) is 118 Å². The second-order valence-electron chi connectivity index (χ2n) is 7.55. The fourth-order valence-electron chi connectivity index (χ4n) is 3.26. The maximum absolute atomic E-state index is 13.1. The first kappa shape index (κ1) is 22.5. The summed E-state index contributed by atoms with van der Waals surface area (Å²) in [5.74, 6) is -0.292. The molecule has 7 heteroatoms. The normalized spacial score (nSPS) is 11.7. The van der Waals surface area contributed by atoms with Gasteiger partial charge < -0.3 is 5.32 Å². The molecule has 1 atom stereocenters. The number of hydrogen-bond donors (Lipinski definition) is 1. The van der Waals surface area contributed by atoms with E-state index in [0.717, 1.165) is 10.5 Å². The summed E-state index contributed by atoms with van der Waals surface area (Å²) in [6.45, 7) is 2.59. The lowest BCUT2D eigenvalue weighted by atomic mass is 10.0. The van der Waals surface area contributed by atoms with Gasteiger partial charge in [0.05, 0.1) is 5.69 Å². The van der Waals surface area contributed by atoms with E-state index in [4.69, 9.17) is 0 Å². The van der Waals surface area contributed by atoms with E-state index >= 15 is 0 Å². The molecule has 3 aromatic carbocycles. The SMILES string of the molecule is C[C@H](CNC(=O)c1ccc(-n2nc(Sc3ccc(F)cc3)ccc2=O)cc1)c1ccccc1. The fourth-order valence-corrected chi connectivity index (χ4v) is 4.03. The van der Waals surface area contributed by atoms with E-state index in [1.54, 1.807) is 42.5 Å². The topological polar surface area (TPSA) is 64.0 Å². The molecule has 1 amide bonds. The number of rotatable bonds is 7. The van der Waals surface area contributed by atoms with Crippen LogP contribution in [0.5, 0.6) is 0 Å². The van der Waals surface area contributed by atoms with Crippen LogP contribution in [0.2, 0.25) is 0 Å². The Kier molecular flexibility index (Phi) is 7.00. The Morgan fingerprint density at radius 3 is 2.36 bits per heavy atom. The highest BCUT2D eigenvalue weighted by atomic mass is 32.2.